The molecule has 3 fully saturated rings. The molecule has 3 aliphatic rings. The first kappa shape index (κ1) is 23.2. The van der Waals surface area contributed by atoms with E-state index in [1.54, 1.807) is 0 Å². The van der Waals surface area contributed by atoms with Crippen LogP contribution in [0.3, 0.4) is 0 Å². The molecular weight excluding hydrogens is 433 g/mol. The summed E-state index contributed by atoms with van der Waals surface area (Å²) >= 11 is 12.9. The minimum Gasteiger partial charge on any atom is -0.380 e. The summed E-state index contributed by atoms with van der Waals surface area (Å²) < 4.78 is 0. The molecule has 5 nitrogen and oxygen atoms in total. The van der Waals surface area contributed by atoms with Gasteiger partial charge in [0, 0.05) is 31.7 Å². The zero-order valence-corrected chi connectivity index (χ0v) is 20.2. The maximum Gasteiger partial charge on any atom is 0.252 e. The summed E-state index contributed by atoms with van der Waals surface area (Å²) in [5, 5.41) is 14.3. The molecular formula is C24H35Cl2N3O2. The van der Waals surface area contributed by atoms with Crippen molar-refractivity contribution >= 4 is 34.8 Å². The highest BCUT2D eigenvalue weighted by Crippen LogP contribution is 2.37. The van der Waals surface area contributed by atoms with Crippen molar-refractivity contribution in [3.63, 3.8) is 0 Å². The monoisotopic (exact) mass is 467 g/mol. The Morgan fingerprint density at radius 2 is 1.87 bits per heavy atom. The highest BCUT2D eigenvalue weighted by Gasteiger charge is 2.48. The molecule has 0 radical (unpaired) electrons. The fourth-order valence-corrected chi connectivity index (χ4v) is 5.56. The van der Waals surface area contributed by atoms with E-state index < -0.39 is 5.60 Å². The molecule has 1 aliphatic heterocycles. The Morgan fingerprint density at radius 3 is 2.52 bits per heavy atom. The van der Waals surface area contributed by atoms with E-state index >= 15 is 0 Å². The normalized spacial score (nSPS) is 28.4. The van der Waals surface area contributed by atoms with Crippen LogP contribution in [0.15, 0.2) is 12.1 Å². The van der Waals surface area contributed by atoms with Crippen molar-refractivity contribution in [1.82, 2.24) is 10.2 Å². The summed E-state index contributed by atoms with van der Waals surface area (Å²) in [5.74, 6) is 0.577. The summed E-state index contributed by atoms with van der Waals surface area (Å²) in [5.41, 5.74) is 1.00. The average molecular weight is 468 g/mol. The molecule has 2 N–H and O–H groups in total. The molecule has 1 saturated heterocycles. The average Bonchev–Trinajstić information content (AvgIpc) is 3.51. The quantitative estimate of drug-likeness (QED) is 0.650. The number of hydrogen-bond acceptors (Lipinski definition) is 4. The van der Waals surface area contributed by atoms with E-state index in [0.29, 0.717) is 28.9 Å². The molecule has 0 bridgehead atoms. The van der Waals surface area contributed by atoms with Gasteiger partial charge in [-0.2, -0.15) is 0 Å². The molecule has 1 aromatic rings. The minimum atomic E-state index is -1.05. The van der Waals surface area contributed by atoms with Crippen LogP contribution in [0.4, 0.5) is 5.69 Å². The molecule has 2 saturated carbocycles. The molecule has 172 valence electrons. The fourth-order valence-electron chi connectivity index (χ4n) is 5.08. The van der Waals surface area contributed by atoms with Gasteiger partial charge in [-0.05, 0) is 82.9 Å². The van der Waals surface area contributed by atoms with E-state index in [-0.39, 0.29) is 11.9 Å². The van der Waals surface area contributed by atoms with E-state index in [1.165, 1.54) is 6.42 Å². The topological polar surface area (TPSA) is 55.8 Å². The Labute approximate surface area is 196 Å². The number of rotatable bonds is 6. The second-order valence-electron chi connectivity index (χ2n) is 9.88. The van der Waals surface area contributed by atoms with Gasteiger partial charge in [-0.1, -0.05) is 29.3 Å². The number of hydrogen-bond donors (Lipinski definition) is 2. The van der Waals surface area contributed by atoms with Gasteiger partial charge in [0.1, 0.15) is 5.60 Å². The van der Waals surface area contributed by atoms with E-state index in [0.717, 1.165) is 69.0 Å². The van der Waals surface area contributed by atoms with Crippen LogP contribution >= 0.6 is 23.2 Å². The van der Waals surface area contributed by atoms with Crippen LogP contribution in [0.25, 0.3) is 0 Å². The number of nitrogens with zero attached hydrogens (tertiary/aromatic N) is 2. The van der Waals surface area contributed by atoms with Gasteiger partial charge in [-0.3, -0.25) is 9.69 Å². The van der Waals surface area contributed by atoms with Gasteiger partial charge in [-0.15, -0.1) is 0 Å². The van der Waals surface area contributed by atoms with Gasteiger partial charge < -0.3 is 15.3 Å². The largest absolute Gasteiger partial charge is 0.380 e. The zero-order valence-electron chi connectivity index (χ0n) is 18.7. The van der Waals surface area contributed by atoms with Crippen LogP contribution in [-0.2, 0) is 4.79 Å². The molecule has 0 aromatic heterocycles. The second kappa shape index (κ2) is 9.46. The third-order valence-electron chi connectivity index (χ3n) is 7.46. The number of nitrogens with one attached hydrogen (secondary N) is 1. The lowest BCUT2D eigenvalue weighted by Crippen LogP contribution is -2.52. The van der Waals surface area contributed by atoms with Crippen molar-refractivity contribution in [2.75, 3.05) is 31.1 Å². The Balaban J connectivity index is 1.20. The van der Waals surface area contributed by atoms with Gasteiger partial charge in [0.2, 0.25) is 0 Å². The number of aliphatic hydroxyl groups is 1. The molecule has 31 heavy (non-hydrogen) atoms. The van der Waals surface area contributed by atoms with Crippen LogP contribution in [-0.4, -0.2) is 59.8 Å². The standard InChI is InChI=1S/C24H35Cl2N3O2/c1-16-3-8-20(22(26)21(16)25)29-14-13-28(15-17(29)2)12-9-18-4-6-19(7-5-18)27-23(30)24(31)10-11-24/h3,8,17-19,31H,4-7,9-15H2,1-2H3,(H,27,30)/t17-,18-,19-/m1/s1. The van der Waals surface area contributed by atoms with Crippen molar-refractivity contribution in [2.24, 2.45) is 5.92 Å². The molecule has 1 aromatic carbocycles. The number of carbonyl (C=O) groups excluding carboxylic acids is 1. The summed E-state index contributed by atoms with van der Waals surface area (Å²) in [4.78, 5) is 17.0. The molecule has 2 aliphatic carbocycles. The van der Waals surface area contributed by atoms with Gasteiger partial charge in [-0.25, -0.2) is 0 Å². The summed E-state index contributed by atoms with van der Waals surface area (Å²) in [6.45, 7) is 8.40. The number of piperazine rings is 1. The lowest BCUT2D eigenvalue weighted by Gasteiger charge is -2.42. The van der Waals surface area contributed by atoms with E-state index in [9.17, 15) is 9.90 Å². The second-order valence-corrected chi connectivity index (χ2v) is 10.6. The number of aryl methyl sites for hydroxylation is 1. The van der Waals surface area contributed by atoms with Crippen molar-refractivity contribution < 1.29 is 9.90 Å². The van der Waals surface area contributed by atoms with Gasteiger partial charge in [0.25, 0.3) is 5.91 Å². The number of halogens is 2. The smallest absolute Gasteiger partial charge is 0.252 e. The van der Waals surface area contributed by atoms with Crippen molar-refractivity contribution in [3.8, 4) is 0 Å². The molecule has 1 amide bonds. The SMILES string of the molecule is Cc1ccc(N2CCN(CC[C@H]3CC[C@H](NC(=O)C4(O)CC4)CC3)C[C@H]2C)c(Cl)c1Cl. The Morgan fingerprint density at radius 1 is 1.16 bits per heavy atom. The third kappa shape index (κ3) is 5.32. The lowest BCUT2D eigenvalue weighted by atomic mass is 9.84. The van der Waals surface area contributed by atoms with Gasteiger partial charge in [0.15, 0.2) is 0 Å². The minimum absolute atomic E-state index is 0.155. The van der Waals surface area contributed by atoms with Gasteiger partial charge >= 0.3 is 0 Å². The van der Waals surface area contributed by atoms with Crippen LogP contribution in [0.1, 0.15) is 57.4 Å². The first-order valence-electron chi connectivity index (χ1n) is 11.7. The summed E-state index contributed by atoms with van der Waals surface area (Å²) in [6.07, 6.45) is 6.83. The van der Waals surface area contributed by atoms with Crippen LogP contribution in [0, 0.1) is 12.8 Å². The molecule has 0 unspecified atom stereocenters. The predicted molar refractivity (Wildman–Crippen MR) is 127 cm³/mol. The molecule has 1 heterocycles. The van der Waals surface area contributed by atoms with Gasteiger partial charge in [0.05, 0.1) is 15.7 Å². The predicted octanol–water partition coefficient (Wildman–Crippen LogP) is 4.40. The third-order valence-corrected chi connectivity index (χ3v) is 8.42. The first-order chi connectivity index (χ1) is 14.8. The lowest BCUT2D eigenvalue weighted by molar-refractivity contribution is -0.132. The van der Waals surface area contributed by atoms with Crippen LogP contribution < -0.4 is 10.2 Å². The van der Waals surface area contributed by atoms with Crippen LogP contribution in [0.5, 0.6) is 0 Å². The molecule has 1 atom stereocenters. The zero-order chi connectivity index (χ0) is 22.2. The Hall–Kier alpha value is -1.01. The summed E-state index contributed by atoms with van der Waals surface area (Å²) in [6, 6.07) is 4.77. The molecule has 7 heteroatoms. The highest BCUT2D eigenvalue weighted by molar-refractivity contribution is 6.44. The Kier molecular flexibility index (Phi) is 7.07. The van der Waals surface area contributed by atoms with Crippen LogP contribution in [0.2, 0.25) is 10.0 Å². The Bertz CT molecular complexity index is 806. The fraction of sp³-hybridized carbons (Fsp3) is 0.708. The van der Waals surface area contributed by atoms with Crippen molar-refractivity contribution in [1.29, 1.82) is 0 Å². The highest BCUT2D eigenvalue weighted by atomic mass is 35.5. The van der Waals surface area contributed by atoms with Crippen molar-refractivity contribution in [3.05, 3.63) is 27.7 Å². The first-order valence-corrected chi connectivity index (χ1v) is 12.5. The number of anilines is 1. The number of benzene rings is 1. The van der Waals surface area contributed by atoms with Crippen molar-refractivity contribution in [2.45, 2.75) is 76.5 Å². The molecule has 0 spiro atoms. The van der Waals surface area contributed by atoms with E-state index in [2.05, 4.69) is 28.1 Å². The maximum atomic E-state index is 12.0. The maximum absolute atomic E-state index is 12.0. The number of amides is 1. The molecule has 4 rings (SSSR count). The summed E-state index contributed by atoms with van der Waals surface area (Å²) in [7, 11) is 0. The van der Waals surface area contributed by atoms with E-state index in [1.807, 2.05) is 13.0 Å². The number of carbonyl (C=O) groups is 1. The van der Waals surface area contributed by atoms with E-state index in [4.69, 9.17) is 23.2 Å².